The molecule has 2 rings (SSSR count). The van der Waals surface area contributed by atoms with Crippen LogP contribution >= 0.6 is 0 Å². The molecule has 0 aromatic heterocycles. The van der Waals surface area contributed by atoms with Crippen LogP contribution in [0.1, 0.15) is 62.7 Å². The average molecular weight is 399 g/mol. The maximum Gasteiger partial charge on any atom is 0.337 e. The second-order valence-corrected chi connectivity index (χ2v) is 8.88. The van der Waals surface area contributed by atoms with Gasteiger partial charge < -0.3 is 15.2 Å². The van der Waals surface area contributed by atoms with E-state index in [1.807, 2.05) is 13.8 Å². The van der Waals surface area contributed by atoms with E-state index in [0.29, 0.717) is 18.8 Å². The van der Waals surface area contributed by atoms with Gasteiger partial charge in [0, 0.05) is 24.9 Å². The lowest BCUT2D eigenvalue weighted by Gasteiger charge is -2.22. The van der Waals surface area contributed by atoms with Gasteiger partial charge in [-0.2, -0.15) is 0 Å². The number of carboxylic acids is 1. The van der Waals surface area contributed by atoms with Gasteiger partial charge in [0.15, 0.2) is 0 Å². The number of nitrogens with one attached hydrogen (secondary N) is 2. The SMILES string of the molecule is CC(C)OCCCNc1ccc(S(=O)(=O)NC2CCCCC2)cc1C(=O)O. The zero-order valence-corrected chi connectivity index (χ0v) is 16.8. The molecule has 27 heavy (non-hydrogen) atoms. The summed E-state index contributed by atoms with van der Waals surface area (Å²) in [5.74, 6) is -1.16. The van der Waals surface area contributed by atoms with Gasteiger partial charge in [0.25, 0.3) is 0 Å². The maximum atomic E-state index is 12.6. The van der Waals surface area contributed by atoms with Crippen molar-refractivity contribution in [2.45, 2.75) is 69.4 Å². The zero-order valence-electron chi connectivity index (χ0n) is 16.0. The van der Waals surface area contributed by atoms with E-state index in [1.165, 1.54) is 18.2 Å². The Hall–Kier alpha value is -1.64. The first kappa shape index (κ1) is 21.7. The van der Waals surface area contributed by atoms with Crippen LogP contribution < -0.4 is 10.0 Å². The third-order valence-electron chi connectivity index (χ3n) is 4.55. The molecule has 7 nitrogen and oxygen atoms in total. The van der Waals surface area contributed by atoms with Gasteiger partial charge in [-0.25, -0.2) is 17.9 Å². The third kappa shape index (κ3) is 6.79. The molecule has 1 aromatic rings. The highest BCUT2D eigenvalue weighted by Gasteiger charge is 2.23. The fourth-order valence-corrected chi connectivity index (χ4v) is 4.47. The van der Waals surface area contributed by atoms with Crippen molar-refractivity contribution in [2.75, 3.05) is 18.5 Å². The quantitative estimate of drug-likeness (QED) is 0.523. The Morgan fingerprint density at radius 1 is 1.26 bits per heavy atom. The smallest absolute Gasteiger partial charge is 0.337 e. The Morgan fingerprint density at radius 3 is 2.59 bits per heavy atom. The highest BCUT2D eigenvalue weighted by Crippen LogP contribution is 2.23. The Labute approximate surface area is 161 Å². The molecule has 0 spiro atoms. The molecule has 8 heteroatoms. The summed E-state index contributed by atoms with van der Waals surface area (Å²) in [4.78, 5) is 11.6. The summed E-state index contributed by atoms with van der Waals surface area (Å²) >= 11 is 0. The van der Waals surface area contributed by atoms with Gasteiger partial charge in [0.2, 0.25) is 10.0 Å². The Balaban J connectivity index is 2.05. The van der Waals surface area contributed by atoms with Crippen molar-refractivity contribution in [3.05, 3.63) is 23.8 Å². The van der Waals surface area contributed by atoms with Gasteiger partial charge in [0.05, 0.1) is 16.6 Å². The number of hydrogen-bond donors (Lipinski definition) is 3. The topological polar surface area (TPSA) is 105 Å². The number of carbonyl (C=O) groups is 1. The summed E-state index contributed by atoms with van der Waals surface area (Å²) in [6, 6.07) is 4.11. The second kappa shape index (κ2) is 10.1. The minimum Gasteiger partial charge on any atom is -0.478 e. The van der Waals surface area contributed by atoms with Gasteiger partial charge >= 0.3 is 5.97 Å². The maximum absolute atomic E-state index is 12.6. The number of rotatable bonds is 10. The molecule has 0 heterocycles. The van der Waals surface area contributed by atoms with Crippen LogP contribution in [0.15, 0.2) is 23.1 Å². The molecule has 1 aromatic carbocycles. The van der Waals surface area contributed by atoms with Gasteiger partial charge in [0.1, 0.15) is 0 Å². The Morgan fingerprint density at radius 2 is 1.96 bits per heavy atom. The standard InChI is InChI=1S/C19H30N2O5S/c1-14(2)26-12-6-11-20-18-10-9-16(13-17(18)19(22)23)27(24,25)21-15-7-4-3-5-8-15/h9-10,13-15,20-21H,3-8,11-12H2,1-2H3,(H,22,23). The van der Waals surface area contributed by atoms with E-state index in [4.69, 9.17) is 4.74 Å². The molecule has 0 unspecified atom stereocenters. The van der Waals surface area contributed by atoms with Crippen LogP contribution in [0.25, 0.3) is 0 Å². The molecule has 0 atom stereocenters. The van der Waals surface area contributed by atoms with Crippen LogP contribution in [0.2, 0.25) is 0 Å². The number of benzene rings is 1. The number of carboxylic acid groups (broad SMARTS) is 1. The van der Waals surface area contributed by atoms with Crippen molar-refractivity contribution in [1.82, 2.24) is 4.72 Å². The lowest BCUT2D eigenvalue weighted by molar-refractivity contribution is 0.0697. The van der Waals surface area contributed by atoms with E-state index in [0.717, 1.165) is 38.5 Å². The summed E-state index contributed by atoms with van der Waals surface area (Å²) in [5, 5.41) is 12.5. The van der Waals surface area contributed by atoms with Crippen LogP contribution in [0, 0.1) is 0 Å². The highest BCUT2D eigenvalue weighted by atomic mass is 32.2. The van der Waals surface area contributed by atoms with E-state index in [9.17, 15) is 18.3 Å². The van der Waals surface area contributed by atoms with Crippen molar-refractivity contribution < 1.29 is 23.1 Å². The normalized spacial score (nSPS) is 15.8. The molecular formula is C19H30N2O5S. The molecule has 152 valence electrons. The lowest BCUT2D eigenvalue weighted by atomic mass is 9.96. The fourth-order valence-electron chi connectivity index (χ4n) is 3.14. The second-order valence-electron chi connectivity index (χ2n) is 7.17. The summed E-state index contributed by atoms with van der Waals surface area (Å²) in [5.41, 5.74) is 0.356. The zero-order chi connectivity index (χ0) is 19.9. The number of sulfonamides is 1. The van der Waals surface area contributed by atoms with E-state index >= 15 is 0 Å². The van der Waals surface area contributed by atoms with Crippen LogP contribution in [-0.4, -0.2) is 44.8 Å². The average Bonchev–Trinajstić information content (AvgIpc) is 2.61. The van der Waals surface area contributed by atoms with Crippen molar-refractivity contribution in [3.63, 3.8) is 0 Å². The van der Waals surface area contributed by atoms with Crippen molar-refractivity contribution in [1.29, 1.82) is 0 Å². The first-order chi connectivity index (χ1) is 12.8. The van der Waals surface area contributed by atoms with Gasteiger partial charge in [-0.1, -0.05) is 19.3 Å². The number of ether oxygens (including phenoxy) is 1. The molecule has 0 bridgehead atoms. The van der Waals surface area contributed by atoms with E-state index in [2.05, 4.69) is 10.0 Å². The monoisotopic (exact) mass is 398 g/mol. The molecular weight excluding hydrogens is 368 g/mol. The molecule has 0 radical (unpaired) electrons. The molecule has 0 aliphatic heterocycles. The Bertz CT molecular complexity index is 728. The van der Waals surface area contributed by atoms with E-state index in [-0.39, 0.29) is 22.6 Å². The third-order valence-corrected chi connectivity index (χ3v) is 6.06. The van der Waals surface area contributed by atoms with Crippen LogP contribution in [-0.2, 0) is 14.8 Å². The summed E-state index contributed by atoms with van der Waals surface area (Å²) in [6.07, 6.45) is 5.67. The van der Waals surface area contributed by atoms with Crippen molar-refractivity contribution in [2.24, 2.45) is 0 Å². The molecule has 1 aliphatic rings. The van der Waals surface area contributed by atoms with Crippen LogP contribution in [0.5, 0.6) is 0 Å². The number of anilines is 1. The molecule has 0 saturated heterocycles. The Kier molecular flexibility index (Phi) is 8.07. The summed E-state index contributed by atoms with van der Waals surface area (Å²) in [7, 11) is -3.73. The summed E-state index contributed by atoms with van der Waals surface area (Å²) < 4.78 is 33.4. The molecule has 1 fully saturated rings. The minimum atomic E-state index is -3.73. The predicted octanol–water partition coefficient (Wildman–Crippen LogP) is 3.22. The van der Waals surface area contributed by atoms with Crippen LogP contribution in [0.4, 0.5) is 5.69 Å². The summed E-state index contributed by atoms with van der Waals surface area (Å²) in [6.45, 7) is 5.03. The first-order valence-electron chi connectivity index (χ1n) is 9.55. The highest BCUT2D eigenvalue weighted by molar-refractivity contribution is 7.89. The van der Waals surface area contributed by atoms with Gasteiger partial charge in [-0.15, -0.1) is 0 Å². The van der Waals surface area contributed by atoms with Crippen molar-refractivity contribution >= 4 is 21.7 Å². The van der Waals surface area contributed by atoms with Crippen molar-refractivity contribution in [3.8, 4) is 0 Å². The van der Waals surface area contributed by atoms with E-state index < -0.39 is 16.0 Å². The number of hydrogen-bond acceptors (Lipinski definition) is 5. The minimum absolute atomic E-state index is 0.0147. The van der Waals surface area contributed by atoms with Gasteiger partial charge in [-0.3, -0.25) is 0 Å². The molecule has 0 amide bonds. The largest absolute Gasteiger partial charge is 0.478 e. The lowest BCUT2D eigenvalue weighted by Crippen LogP contribution is -2.36. The molecule has 3 N–H and O–H groups in total. The molecule has 1 saturated carbocycles. The predicted molar refractivity (Wildman–Crippen MR) is 105 cm³/mol. The first-order valence-corrected chi connectivity index (χ1v) is 11.0. The fraction of sp³-hybridized carbons (Fsp3) is 0.632. The molecule has 1 aliphatic carbocycles. The van der Waals surface area contributed by atoms with E-state index in [1.54, 1.807) is 0 Å². The number of aromatic carboxylic acids is 1. The van der Waals surface area contributed by atoms with Crippen LogP contribution in [0.3, 0.4) is 0 Å². The van der Waals surface area contributed by atoms with Gasteiger partial charge in [-0.05, 0) is 51.3 Å².